The van der Waals surface area contributed by atoms with Crippen LogP contribution in [-0.2, 0) is 19.6 Å². The zero-order valence-electron chi connectivity index (χ0n) is 23.1. The van der Waals surface area contributed by atoms with E-state index in [1.54, 1.807) is 24.3 Å². The minimum absolute atomic E-state index is 0.123. The number of benzene rings is 2. The first-order valence-corrected chi connectivity index (χ1v) is 16.1. The van der Waals surface area contributed by atoms with Crippen molar-refractivity contribution in [1.29, 1.82) is 0 Å². The average molecular weight is 598 g/mol. The summed E-state index contributed by atoms with van der Waals surface area (Å²) in [5.74, 6) is 0.252. The second kappa shape index (κ2) is 12.2. The number of amides is 1. The monoisotopic (exact) mass is 597 g/mol. The molecule has 0 spiro atoms. The Hall–Kier alpha value is -2.76. The molecule has 6 rings (SSSR count). The molecule has 3 aliphatic rings. The van der Waals surface area contributed by atoms with Crippen molar-refractivity contribution < 1.29 is 17.9 Å². The van der Waals surface area contributed by atoms with Gasteiger partial charge in [-0.3, -0.25) is 14.7 Å². The molecule has 2 aromatic carbocycles. The summed E-state index contributed by atoms with van der Waals surface area (Å²) in [6.07, 6.45) is 5.60. The van der Waals surface area contributed by atoms with E-state index in [0.29, 0.717) is 37.2 Å². The molecule has 1 atom stereocenters. The first-order chi connectivity index (χ1) is 19.9. The standard InChI is InChI=1S/C30H36ClN5O4S/c31-26-3-1-25-18-29(4-2-24(25)17-26)41(38,39)35-21-28(20-33-13-15-40-16-14-33)36(30(37)22-35)19-23-7-11-34(12-8-23)27-5-9-32-10-6-27/h1-6,9-10,17-18,23,28H,7-8,11-16,19-22H2. The number of ether oxygens (including phenoxy) is 1. The van der Waals surface area contributed by atoms with Gasteiger partial charge >= 0.3 is 0 Å². The van der Waals surface area contributed by atoms with E-state index in [1.165, 1.54) is 9.99 Å². The van der Waals surface area contributed by atoms with Gasteiger partial charge in [-0.15, -0.1) is 0 Å². The van der Waals surface area contributed by atoms with Crippen LogP contribution >= 0.6 is 11.6 Å². The summed E-state index contributed by atoms with van der Waals surface area (Å²) in [7, 11) is -3.87. The van der Waals surface area contributed by atoms with Crippen molar-refractivity contribution in [1.82, 2.24) is 19.1 Å². The van der Waals surface area contributed by atoms with Crippen molar-refractivity contribution in [3.63, 3.8) is 0 Å². The number of rotatable bonds is 7. The highest BCUT2D eigenvalue weighted by molar-refractivity contribution is 7.89. The Labute approximate surface area is 246 Å². The summed E-state index contributed by atoms with van der Waals surface area (Å²) in [5.41, 5.74) is 1.18. The van der Waals surface area contributed by atoms with E-state index in [9.17, 15) is 13.2 Å². The fraction of sp³-hybridized carbons (Fsp3) is 0.467. The van der Waals surface area contributed by atoms with E-state index in [1.807, 2.05) is 41.6 Å². The van der Waals surface area contributed by atoms with Crippen molar-refractivity contribution in [2.45, 2.75) is 23.8 Å². The van der Waals surface area contributed by atoms with Crippen LogP contribution in [0.1, 0.15) is 12.8 Å². The number of piperidine rings is 1. The number of hydrogen-bond acceptors (Lipinski definition) is 7. The van der Waals surface area contributed by atoms with Crippen LogP contribution in [0.5, 0.6) is 0 Å². The number of aromatic nitrogens is 1. The van der Waals surface area contributed by atoms with Crippen LogP contribution < -0.4 is 4.90 Å². The highest BCUT2D eigenvalue weighted by Gasteiger charge is 2.40. The molecule has 0 aliphatic carbocycles. The van der Waals surface area contributed by atoms with Gasteiger partial charge in [-0.05, 0) is 65.9 Å². The van der Waals surface area contributed by atoms with Crippen molar-refractivity contribution >= 4 is 44.0 Å². The lowest BCUT2D eigenvalue weighted by Crippen LogP contribution is -2.62. The maximum absolute atomic E-state index is 13.8. The van der Waals surface area contributed by atoms with Gasteiger partial charge in [0, 0.05) is 68.9 Å². The summed E-state index contributed by atoms with van der Waals surface area (Å²) in [5, 5.41) is 2.27. The molecular formula is C30H36ClN5O4S. The van der Waals surface area contributed by atoms with Crippen LogP contribution in [0.25, 0.3) is 10.8 Å². The van der Waals surface area contributed by atoms with Crippen molar-refractivity contribution in [2.24, 2.45) is 5.92 Å². The van der Waals surface area contributed by atoms with E-state index in [0.717, 1.165) is 49.8 Å². The third-order valence-electron chi connectivity index (χ3n) is 8.57. The minimum atomic E-state index is -3.87. The predicted molar refractivity (Wildman–Crippen MR) is 160 cm³/mol. The summed E-state index contributed by atoms with van der Waals surface area (Å²) in [6, 6.07) is 14.3. The number of piperazine rings is 1. The van der Waals surface area contributed by atoms with Crippen molar-refractivity contribution in [3.8, 4) is 0 Å². The maximum Gasteiger partial charge on any atom is 0.243 e. The molecule has 0 radical (unpaired) electrons. The molecule has 11 heteroatoms. The molecular weight excluding hydrogens is 562 g/mol. The molecule has 4 heterocycles. The smallest absolute Gasteiger partial charge is 0.243 e. The topological polar surface area (TPSA) is 86.3 Å². The van der Waals surface area contributed by atoms with Crippen LogP contribution in [0, 0.1) is 5.92 Å². The number of carbonyl (C=O) groups excluding carboxylic acids is 1. The molecule has 1 aromatic heterocycles. The molecule has 3 saturated heterocycles. The molecule has 1 unspecified atom stereocenters. The number of hydrogen-bond donors (Lipinski definition) is 0. The third-order valence-corrected chi connectivity index (χ3v) is 10.6. The summed E-state index contributed by atoms with van der Waals surface area (Å²) in [6.45, 7) is 6.14. The maximum atomic E-state index is 13.8. The van der Waals surface area contributed by atoms with Crippen LogP contribution in [0.3, 0.4) is 0 Å². The highest BCUT2D eigenvalue weighted by Crippen LogP contribution is 2.29. The molecule has 41 heavy (non-hydrogen) atoms. The first-order valence-electron chi connectivity index (χ1n) is 14.3. The molecule has 0 N–H and O–H groups in total. The minimum Gasteiger partial charge on any atom is -0.379 e. The van der Waals surface area contributed by atoms with Gasteiger partial charge in [0.2, 0.25) is 15.9 Å². The molecule has 3 aliphatic heterocycles. The van der Waals surface area contributed by atoms with Crippen LogP contribution in [0.15, 0.2) is 65.8 Å². The number of fused-ring (bicyclic) bond motifs is 1. The molecule has 218 valence electrons. The Morgan fingerprint density at radius 2 is 1.61 bits per heavy atom. The molecule has 1 amide bonds. The van der Waals surface area contributed by atoms with Crippen molar-refractivity contribution in [3.05, 3.63) is 65.9 Å². The number of pyridine rings is 1. The lowest BCUT2D eigenvalue weighted by Gasteiger charge is -2.45. The second-order valence-electron chi connectivity index (χ2n) is 11.2. The van der Waals surface area contributed by atoms with Crippen LogP contribution in [-0.4, -0.2) is 105 Å². The van der Waals surface area contributed by atoms with Gasteiger partial charge in [0.15, 0.2) is 0 Å². The second-order valence-corrected chi connectivity index (χ2v) is 13.6. The van der Waals surface area contributed by atoms with Gasteiger partial charge in [-0.2, -0.15) is 4.31 Å². The molecule has 3 aromatic rings. The lowest BCUT2D eigenvalue weighted by molar-refractivity contribution is -0.139. The zero-order chi connectivity index (χ0) is 28.4. The average Bonchev–Trinajstić information content (AvgIpc) is 2.99. The fourth-order valence-corrected chi connectivity index (χ4v) is 7.87. The number of halogens is 1. The number of nitrogens with zero attached hydrogens (tertiary/aromatic N) is 5. The Morgan fingerprint density at radius 1 is 0.902 bits per heavy atom. The lowest BCUT2D eigenvalue weighted by atomic mass is 9.94. The normalized spacial score (nSPS) is 22.0. The number of carbonyl (C=O) groups is 1. The van der Waals surface area contributed by atoms with E-state index >= 15 is 0 Å². The number of anilines is 1. The highest BCUT2D eigenvalue weighted by atomic mass is 35.5. The summed E-state index contributed by atoms with van der Waals surface area (Å²) < 4.78 is 34.6. The van der Waals surface area contributed by atoms with E-state index in [2.05, 4.69) is 14.8 Å². The van der Waals surface area contributed by atoms with Crippen LogP contribution in [0.2, 0.25) is 5.02 Å². The van der Waals surface area contributed by atoms with Gasteiger partial charge in [-0.25, -0.2) is 8.42 Å². The van der Waals surface area contributed by atoms with E-state index in [4.69, 9.17) is 16.3 Å². The SMILES string of the molecule is O=C1CN(S(=O)(=O)c2ccc3cc(Cl)ccc3c2)CC(CN2CCOCC2)N1CC1CCN(c2ccncc2)CC1. The van der Waals surface area contributed by atoms with E-state index < -0.39 is 10.0 Å². The van der Waals surface area contributed by atoms with Gasteiger partial charge in [0.25, 0.3) is 0 Å². The Balaban J connectivity index is 1.19. The summed E-state index contributed by atoms with van der Waals surface area (Å²) in [4.78, 5) is 24.6. The Kier molecular flexibility index (Phi) is 8.46. The Morgan fingerprint density at radius 3 is 2.37 bits per heavy atom. The van der Waals surface area contributed by atoms with Gasteiger partial charge in [0.1, 0.15) is 0 Å². The van der Waals surface area contributed by atoms with Gasteiger partial charge < -0.3 is 14.5 Å². The summed E-state index contributed by atoms with van der Waals surface area (Å²) >= 11 is 6.12. The largest absolute Gasteiger partial charge is 0.379 e. The number of sulfonamides is 1. The van der Waals surface area contributed by atoms with Gasteiger partial charge in [-0.1, -0.05) is 23.7 Å². The Bertz CT molecular complexity index is 1480. The number of morpholine rings is 1. The molecule has 3 fully saturated rings. The predicted octanol–water partition coefficient (Wildman–Crippen LogP) is 3.34. The van der Waals surface area contributed by atoms with E-state index in [-0.39, 0.29) is 29.9 Å². The quantitative estimate of drug-likeness (QED) is 0.413. The van der Waals surface area contributed by atoms with Crippen molar-refractivity contribution in [2.75, 3.05) is 70.5 Å². The third kappa shape index (κ3) is 6.36. The molecule has 0 saturated carbocycles. The first kappa shape index (κ1) is 28.4. The van der Waals surface area contributed by atoms with Gasteiger partial charge in [0.05, 0.1) is 30.7 Å². The zero-order valence-corrected chi connectivity index (χ0v) is 24.6. The fourth-order valence-electron chi connectivity index (χ4n) is 6.23. The molecule has 9 nitrogen and oxygen atoms in total. The van der Waals surface area contributed by atoms with Crippen LogP contribution in [0.4, 0.5) is 5.69 Å². The molecule has 0 bridgehead atoms.